The first kappa shape index (κ1) is 21.2. The van der Waals surface area contributed by atoms with Gasteiger partial charge >= 0.3 is 0 Å². The van der Waals surface area contributed by atoms with Gasteiger partial charge in [0.05, 0.1) is 36.1 Å². The number of benzene rings is 1. The lowest BCUT2D eigenvalue weighted by Gasteiger charge is -2.22. The minimum absolute atomic E-state index is 0.248. The van der Waals surface area contributed by atoms with Crippen LogP contribution in [0.2, 0.25) is 5.02 Å². The highest BCUT2D eigenvalue weighted by molar-refractivity contribution is 6.47. The maximum Gasteiger partial charge on any atom is 0.272 e. The number of terminal acetylenes is 1. The Balaban J connectivity index is 1.57. The molecule has 0 bridgehead atoms. The Morgan fingerprint density at radius 2 is 2.16 bits per heavy atom. The summed E-state index contributed by atoms with van der Waals surface area (Å²) < 4.78 is 0. The zero-order valence-corrected chi connectivity index (χ0v) is 17.7. The number of rotatable bonds is 5. The van der Waals surface area contributed by atoms with Crippen molar-refractivity contribution < 1.29 is 15.0 Å². The van der Waals surface area contributed by atoms with Crippen molar-refractivity contribution in [3.8, 4) is 12.3 Å². The third-order valence-corrected chi connectivity index (χ3v) is 5.87. The molecular formula is C22H22ClN5O3. The van der Waals surface area contributed by atoms with Crippen molar-refractivity contribution in [3.63, 3.8) is 0 Å². The number of likely N-dealkylation sites (N-methyl/N-ethyl adjacent to an activating group) is 1. The molecule has 1 fully saturated rings. The summed E-state index contributed by atoms with van der Waals surface area (Å²) in [7, 11) is 1.66. The average molecular weight is 440 g/mol. The zero-order valence-electron chi connectivity index (χ0n) is 16.9. The van der Waals surface area contributed by atoms with Crippen molar-refractivity contribution in [2.24, 2.45) is 4.99 Å². The van der Waals surface area contributed by atoms with Crippen LogP contribution in [0.3, 0.4) is 0 Å². The van der Waals surface area contributed by atoms with Gasteiger partial charge in [0.2, 0.25) is 0 Å². The molecule has 1 aliphatic heterocycles. The summed E-state index contributed by atoms with van der Waals surface area (Å²) in [4.78, 5) is 27.7. The van der Waals surface area contributed by atoms with Crippen LogP contribution in [-0.2, 0) is 17.9 Å². The first-order valence-corrected chi connectivity index (χ1v) is 10.3. The van der Waals surface area contributed by atoms with Crippen LogP contribution in [0.5, 0.6) is 0 Å². The average Bonchev–Trinajstić information content (AvgIpc) is 3.33. The van der Waals surface area contributed by atoms with Crippen molar-refractivity contribution >= 4 is 29.0 Å². The number of nitrogens with zero attached hydrogens (tertiary/aromatic N) is 4. The summed E-state index contributed by atoms with van der Waals surface area (Å²) in [5, 5.41) is 23.7. The Morgan fingerprint density at radius 1 is 1.35 bits per heavy atom. The van der Waals surface area contributed by atoms with E-state index in [1.807, 2.05) is 0 Å². The van der Waals surface area contributed by atoms with Crippen molar-refractivity contribution in [1.29, 1.82) is 0 Å². The topological polar surface area (TPSA) is 111 Å². The standard InChI is InChI=1S/C22H22ClN5O3/c1-3-12-4-5-14(23)8-13(12)10-28(2)22(31)19-18-16(9-24-19)25-11-26-21(18)27-15-6-7-17(29)20(15)30/h1,4-5,8,11,15,17,20,29-30H,6-7,9-10H2,2H3,(H,25,26,27)/t15-,17-,20+/m1/s1. The monoisotopic (exact) mass is 439 g/mol. The molecule has 2 aliphatic rings. The number of fused-ring (bicyclic) bond motifs is 1. The molecule has 1 aromatic carbocycles. The number of nitrogens with one attached hydrogen (secondary N) is 1. The summed E-state index contributed by atoms with van der Waals surface area (Å²) in [5.41, 5.74) is 2.83. The molecule has 1 amide bonds. The van der Waals surface area contributed by atoms with Gasteiger partial charge in [-0.3, -0.25) is 9.79 Å². The smallest absolute Gasteiger partial charge is 0.272 e. The molecule has 160 valence electrons. The third-order valence-electron chi connectivity index (χ3n) is 5.63. The van der Waals surface area contributed by atoms with Crippen LogP contribution in [0.4, 0.5) is 5.82 Å². The molecule has 4 rings (SSSR count). The number of aliphatic imine (C=N–C) groups is 1. The van der Waals surface area contributed by atoms with E-state index >= 15 is 0 Å². The van der Waals surface area contributed by atoms with E-state index in [2.05, 4.69) is 26.2 Å². The first-order chi connectivity index (χ1) is 14.9. The van der Waals surface area contributed by atoms with Crippen molar-refractivity contribution in [3.05, 3.63) is 51.9 Å². The molecule has 1 saturated carbocycles. The molecule has 1 aromatic heterocycles. The van der Waals surface area contributed by atoms with Gasteiger partial charge in [-0.25, -0.2) is 9.97 Å². The van der Waals surface area contributed by atoms with Gasteiger partial charge in [-0.05, 0) is 36.6 Å². The summed E-state index contributed by atoms with van der Waals surface area (Å²) in [5.74, 6) is 2.73. The number of carbonyl (C=O) groups excluding carboxylic acids is 1. The lowest BCUT2D eigenvalue weighted by atomic mass is 10.1. The number of aromatic nitrogens is 2. The van der Waals surface area contributed by atoms with Crippen LogP contribution in [0, 0.1) is 12.3 Å². The highest BCUT2D eigenvalue weighted by atomic mass is 35.5. The molecule has 2 aromatic rings. The Hall–Kier alpha value is -2.99. The normalized spacial score (nSPS) is 21.9. The largest absolute Gasteiger partial charge is 0.390 e. The fraction of sp³-hybridized carbons (Fsp3) is 0.364. The Kier molecular flexibility index (Phi) is 5.92. The Bertz CT molecular complexity index is 1100. The van der Waals surface area contributed by atoms with Gasteiger partial charge in [-0.2, -0.15) is 0 Å². The van der Waals surface area contributed by atoms with E-state index in [1.54, 1.807) is 25.2 Å². The predicted molar refractivity (Wildman–Crippen MR) is 117 cm³/mol. The molecule has 0 saturated heterocycles. The van der Waals surface area contributed by atoms with Gasteiger partial charge < -0.3 is 20.4 Å². The molecule has 31 heavy (non-hydrogen) atoms. The van der Waals surface area contributed by atoms with Crippen molar-refractivity contribution in [2.75, 3.05) is 12.4 Å². The molecule has 0 unspecified atom stereocenters. The summed E-state index contributed by atoms with van der Waals surface area (Å²) in [6, 6.07) is 4.83. The second-order valence-electron chi connectivity index (χ2n) is 7.70. The van der Waals surface area contributed by atoms with E-state index in [9.17, 15) is 15.0 Å². The van der Waals surface area contributed by atoms with Gasteiger partial charge in [0.1, 0.15) is 17.9 Å². The van der Waals surface area contributed by atoms with Gasteiger partial charge in [0.15, 0.2) is 0 Å². The minimum atomic E-state index is -0.907. The SMILES string of the molecule is C#Cc1ccc(Cl)cc1CN(C)C(=O)C1=NCc2ncnc(N[C@@H]3CC[C@@H](O)[C@H]3O)c21. The number of hydrogen-bond donors (Lipinski definition) is 3. The molecule has 2 heterocycles. The molecule has 0 radical (unpaired) electrons. The molecule has 1 aliphatic carbocycles. The number of carbonyl (C=O) groups is 1. The lowest BCUT2D eigenvalue weighted by Crippen LogP contribution is -2.36. The fourth-order valence-corrected chi connectivity index (χ4v) is 4.14. The molecule has 9 heteroatoms. The van der Waals surface area contributed by atoms with Crippen LogP contribution >= 0.6 is 11.6 Å². The maximum atomic E-state index is 13.2. The van der Waals surface area contributed by atoms with E-state index in [1.165, 1.54) is 11.2 Å². The van der Waals surface area contributed by atoms with Crippen LogP contribution in [0.1, 0.15) is 35.2 Å². The van der Waals surface area contributed by atoms with E-state index < -0.39 is 12.2 Å². The molecule has 8 nitrogen and oxygen atoms in total. The highest BCUT2D eigenvalue weighted by Crippen LogP contribution is 2.29. The maximum absolute atomic E-state index is 13.2. The van der Waals surface area contributed by atoms with Gasteiger partial charge in [-0.1, -0.05) is 17.5 Å². The zero-order chi connectivity index (χ0) is 22.1. The number of anilines is 1. The minimum Gasteiger partial charge on any atom is -0.390 e. The first-order valence-electron chi connectivity index (χ1n) is 9.91. The van der Waals surface area contributed by atoms with Gasteiger partial charge in [0.25, 0.3) is 5.91 Å². The van der Waals surface area contributed by atoms with Crippen LogP contribution < -0.4 is 5.32 Å². The van der Waals surface area contributed by atoms with Crippen LogP contribution in [0.15, 0.2) is 29.5 Å². The van der Waals surface area contributed by atoms with Gasteiger partial charge in [-0.15, -0.1) is 6.42 Å². The number of amides is 1. The summed E-state index contributed by atoms with van der Waals surface area (Å²) >= 11 is 6.10. The molecular weight excluding hydrogens is 418 g/mol. The van der Waals surface area contributed by atoms with E-state index in [0.29, 0.717) is 40.5 Å². The van der Waals surface area contributed by atoms with E-state index in [4.69, 9.17) is 18.0 Å². The highest BCUT2D eigenvalue weighted by Gasteiger charge is 2.36. The number of hydrogen-bond acceptors (Lipinski definition) is 7. The summed E-state index contributed by atoms with van der Waals surface area (Å²) in [6.45, 7) is 0.529. The van der Waals surface area contributed by atoms with Crippen molar-refractivity contribution in [2.45, 2.75) is 44.2 Å². The Labute approximate surface area is 185 Å². The quantitative estimate of drug-likeness (QED) is 0.607. The fourth-order valence-electron chi connectivity index (χ4n) is 3.94. The van der Waals surface area contributed by atoms with E-state index in [0.717, 1.165) is 5.56 Å². The number of aliphatic hydroxyl groups is 2. The Morgan fingerprint density at radius 3 is 2.87 bits per heavy atom. The number of halogens is 1. The predicted octanol–water partition coefficient (Wildman–Crippen LogP) is 1.37. The van der Waals surface area contributed by atoms with Crippen LogP contribution in [-0.4, -0.2) is 62.0 Å². The van der Waals surface area contributed by atoms with Crippen molar-refractivity contribution in [1.82, 2.24) is 14.9 Å². The van der Waals surface area contributed by atoms with Gasteiger partial charge in [0, 0.05) is 24.2 Å². The third kappa shape index (κ3) is 4.12. The lowest BCUT2D eigenvalue weighted by molar-refractivity contribution is -0.123. The van der Waals surface area contributed by atoms with Crippen LogP contribution in [0.25, 0.3) is 0 Å². The number of aliphatic hydroxyl groups excluding tert-OH is 2. The molecule has 3 N–H and O–H groups in total. The molecule has 3 atom stereocenters. The second kappa shape index (κ2) is 8.63. The second-order valence-corrected chi connectivity index (χ2v) is 8.14. The molecule has 0 spiro atoms. The summed E-state index contributed by atoms with van der Waals surface area (Å²) in [6.07, 6.45) is 6.37. The van der Waals surface area contributed by atoms with E-state index in [-0.39, 0.29) is 30.8 Å².